The van der Waals surface area contributed by atoms with Gasteiger partial charge >= 0.3 is 6.03 Å². The summed E-state index contributed by atoms with van der Waals surface area (Å²) in [5.41, 5.74) is 0. The van der Waals surface area contributed by atoms with Crippen LogP contribution in [0.1, 0.15) is 33.1 Å². The van der Waals surface area contributed by atoms with Gasteiger partial charge in [0.25, 0.3) is 0 Å². The summed E-state index contributed by atoms with van der Waals surface area (Å²) in [7, 11) is 1.50. The number of amides is 3. The fourth-order valence-corrected chi connectivity index (χ4v) is 2.47. The predicted molar refractivity (Wildman–Crippen MR) is 79.5 cm³/mol. The van der Waals surface area contributed by atoms with Crippen molar-refractivity contribution in [2.45, 2.75) is 39.2 Å². The number of urea groups is 1. The normalized spacial score (nSPS) is 18.6. The Morgan fingerprint density at radius 3 is 2.50 bits per heavy atom. The highest BCUT2D eigenvalue weighted by Crippen LogP contribution is 2.18. The van der Waals surface area contributed by atoms with E-state index in [2.05, 4.69) is 27.8 Å². The average Bonchev–Trinajstić information content (AvgIpc) is 2.47. The Kier molecular flexibility index (Phi) is 7.54. The lowest BCUT2D eigenvalue weighted by Crippen LogP contribution is -2.51. The zero-order valence-electron chi connectivity index (χ0n) is 12.9. The molecule has 1 atom stereocenters. The molecule has 6 nitrogen and oxygen atoms in total. The lowest BCUT2D eigenvalue weighted by molar-refractivity contribution is -0.125. The smallest absolute Gasteiger partial charge is 0.321 e. The van der Waals surface area contributed by atoms with Crippen LogP contribution in [0, 0.1) is 5.92 Å². The van der Waals surface area contributed by atoms with Crippen LogP contribution in [0.3, 0.4) is 0 Å². The number of imide groups is 1. The molecule has 3 amide bonds. The molecule has 0 spiro atoms. The molecule has 1 rings (SSSR count). The standard InChI is InChI=1S/C14H28N4O2/c1-4-7-16-10-12-5-8-18(9-6-12)11(2)13(19)17-14(20)15-3/h11-12,16H,4-10H2,1-3H3,(H2,15,17,19,20). The maximum atomic E-state index is 11.9. The number of carbonyl (C=O) groups excluding carboxylic acids is 2. The van der Waals surface area contributed by atoms with Crippen molar-refractivity contribution in [1.29, 1.82) is 0 Å². The van der Waals surface area contributed by atoms with E-state index in [9.17, 15) is 9.59 Å². The van der Waals surface area contributed by atoms with Crippen LogP contribution in [-0.4, -0.2) is 56.1 Å². The first kappa shape index (κ1) is 16.9. The van der Waals surface area contributed by atoms with Crippen LogP contribution in [0.4, 0.5) is 4.79 Å². The van der Waals surface area contributed by atoms with Gasteiger partial charge in [-0.1, -0.05) is 6.92 Å². The second kappa shape index (κ2) is 8.92. The van der Waals surface area contributed by atoms with Gasteiger partial charge in [0.1, 0.15) is 0 Å². The molecule has 1 aliphatic rings. The molecule has 3 N–H and O–H groups in total. The summed E-state index contributed by atoms with van der Waals surface area (Å²) in [6.45, 7) is 8.00. The molecule has 0 aromatic heterocycles. The largest absolute Gasteiger partial charge is 0.341 e. The Morgan fingerprint density at radius 1 is 1.30 bits per heavy atom. The second-order valence-corrected chi connectivity index (χ2v) is 5.43. The summed E-state index contributed by atoms with van der Waals surface area (Å²) in [5.74, 6) is 0.471. The molecule has 1 saturated heterocycles. The van der Waals surface area contributed by atoms with Crippen LogP contribution in [0.5, 0.6) is 0 Å². The number of hydrogen-bond acceptors (Lipinski definition) is 4. The highest BCUT2D eigenvalue weighted by atomic mass is 16.2. The lowest BCUT2D eigenvalue weighted by Gasteiger charge is -2.35. The second-order valence-electron chi connectivity index (χ2n) is 5.43. The third-order valence-electron chi connectivity index (χ3n) is 3.90. The van der Waals surface area contributed by atoms with Crippen molar-refractivity contribution in [3.8, 4) is 0 Å². The quantitative estimate of drug-likeness (QED) is 0.623. The van der Waals surface area contributed by atoms with Gasteiger partial charge in [-0.05, 0) is 58.3 Å². The Hall–Kier alpha value is -1.14. The van der Waals surface area contributed by atoms with Crippen molar-refractivity contribution in [3.63, 3.8) is 0 Å². The van der Waals surface area contributed by atoms with E-state index in [0.29, 0.717) is 5.92 Å². The van der Waals surface area contributed by atoms with Gasteiger partial charge in [0.15, 0.2) is 0 Å². The topological polar surface area (TPSA) is 73.5 Å². The molecule has 6 heteroatoms. The molecule has 0 bridgehead atoms. The van der Waals surface area contributed by atoms with Gasteiger partial charge in [0, 0.05) is 7.05 Å². The van der Waals surface area contributed by atoms with Crippen LogP contribution < -0.4 is 16.0 Å². The Labute approximate surface area is 121 Å². The number of nitrogens with one attached hydrogen (secondary N) is 3. The van der Waals surface area contributed by atoms with Gasteiger partial charge in [-0.15, -0.1) is 0 Å². The summed E-state index contributed by atoms with van der Waals surface area (Å²) in [5, 5.41) is 8.18. The Balaban J connectivity index is 2.29. The summed E-state index contributed by atoms with van der Waals surface area (Å²) in [6.07, 6.45) is 3.37. The van der Waals surface area contributed by atoms with Crippen molar-refractivity contribution in [2.24, 2.45) is 5.92 Å². The number of hydrogen-bond donors (Lipinski definition) is 3. The molecule has 0 aliphatic carbocycles. The first-order valence-corrected chi connectivity index (χ1v) is 7.55. The minimum Gasteiger partial charge on any atom is -0.341 e. The van der Waals surface area contributed by atoms with Gasteiger partial charge in [-0.25, -0.2) is 4.79 Å². The number of likely N-dealkylation sites (tertiary alicyclic amines) is 1. The molecular formula is C14H28N4O2. The first-order valence-electron chi connectivity index (χ1n) is 7.55. The zero-order chi connectivity index (χ0) is 15.0. The van der Waals surface area contributed by atoms with Gasteiger partial charge in [-0.2, -0.15) is 0 Å². The molecule has 0 saturated carbocycles. The number of piperidine rings is 1. The number of nitrogens with zero attached hydrogens (tertiary/aromatic N) is 1. The van der Waals surface area contributed by atoms with E-state index in [-0.39, 0.29) is 11.9 Å². The summed E-state index contributed by atoms with van der Waals surface area (Å²) in [6, 6.07) is -0.697. The fraction of sp³-hybridized carbons (Fsp3) is 0.857. The number of carbonyl (C=O) groups is 2. The van der Waals surface area contributed by atoms with E-state index in [1.54, 1.807) is 0 Å². The van der Waals surface area contributed by atoms with Crippen LogP contribution in [0.15, 0.2) is 0 Å². The maximum absolute atomic E-state index is 11.9. The van der Waals surface area contributed by atoms with Crippen molar-refractivity contribution >= 4 is 11.9 Å². The van der Waals surface area contributed by atoms with Gasteiger partial charge < -0.3 is 10.6 Å². The molecule has 1 fully saturated rings. The maximum Gasteiger partial charge on any atom is 0.321 e. The monoisotopic (exact) mass is 284 g/mol. The minimum atomic E-state index is -0.444. The average molecular weight is 284 g/mol. The van der Waals surface area contributed by atoms with Gasteiger partial charge in [0.2, 0.25) is 5.91 Å². The van der Waals surface area contributed by atoms with Crippen molar-refractivity contribution in [3.05, 3.63) is 0 Å². The van der Waals surface area contributed by atoms with Gasteiger partial charge in [-0.3, -0.25) is 15.0 Å². The molecule has 0 radical (unpaired) electrons. The van der Waals surface area contributed by atoms with E-state index in [1.165, 1.54) is 7.05 Å². The summed E-state index contributed by atoms with van der Waals surface area (Å²) >= 11 is 0. The Bertz CT molecular complexity index is 314. The van der Waals surface area contributed by atoms with Crippen molar-refractivity contribution in [1.82, 2.24) is 20.9 Å². The molecule has 20 heavy (non-hydrogen) atoms. The highest BCUT2D eigenvalue weighted by molar-refractivity contribution is 5.96. The van der Waals surface area contributed by atoms with E-state index in [0.717, 1.165) is 45.4 Å². The van der Waals surface area contributed by atoms with Crippen LogP contribution in [0.25, 0.3) is 0 Å². The van der Waals surface area contributed by atoms with Crippen LogP contribution >= 0.6 is 0 Å². The van der Waals surface area contributed by atoms with Crippen molar-refractivity contribution < 1.29 is 9.59 Å². The van der Waals surface area contributed by atoms with Crippen molar-refractivity contribution in [2.75, 3.05) is 33.2 Å². The van der Waals surface area contributed by atoms with Gasteiger partial charge in [0.05, 0.1) is 6.04 Å². The third kappa shape index (κ3) is 5.46. The van der Waals surface area contributed by atoms with E-state index in [1.807, 2.05) is 6.92 Å². The zero-order valence-corrected chi connectivity index (χ0v) is 12.9. The SMILES string of the molecule is CCCNCC1CCN(C(C)C(=O)NC(=O)NC)CC1. The molecule has 0 aromatic rings. The summed E-state index contributed by atoms with van der Waals surface area (Å²) in [4.78, 5) is 25.2. The first-order chi connectivity index (χ1) is 9.58. The van der Waals surface area contributed by atoms with Crippen LogP contribution in [-0.2, 0) is 4.79 Å². The molecule has 0 aromatic carbocycles. The van der Waals surface area contributed by atoms with E-state index in [4.69, 9.17) is 0 Å². The lowest BCUT2D eigenvalue weighted by atomic mass is 9.95. The molecule has 1 heterocycles. The van der Waals surface area contributed by atoms with E-state index < -0.39 is 6.03 Å². The molecular weight excluding hydrogens is 256 g/mol. The predicted octanol–water partition coefficient (Wildman–Crippen LogP) is 0.542. The minimum absolute atomic E-state index is 0.230. The van der Waals surface area contributed by atoms with Crippen LogP contribution in [0.2, 0.25) is 0 Å². The number of rotatable bonds is 6. The van der Waals surface area contributed by atoms with E-state index >= 15 is 0 Å². The third-order valence-corrected chi connectivity index (χ3v) is 3.90. The Morgan fingerprint density at radius 2 is 1.95 bits per heavy atom. The summed E-state index contributed by atoms with van der Waals surface area (Å²) < 4.78 is 0. The molecule has 1 aliphatic heterocycles. The fourth-order valence-electron chi connectivity index (χ4n) is 2.47. The molecule has 116 valence electrons. The highest BCUT2D eigenvalue weighted by Gasteiger charge is 2.27. The molecule has 1 unspecified atom stereocenters.